The second kappa shape index (κ2) is 4.98. The third kappa shape index (κ3) is 2.48. The van der Waals surface area contributed by atoms with E-state index in [1.165, 1.54) is 42.1 Å². The Hall–Kier alpha value is -1.55. The van der Waals surface area contributed by atoms with Crippen LogP contribution in [0.15, 0.2) is 53.4 Å². The number of rotatable bonds is 3. The van der Waals surface area contributed by atoms with E-state index in [1.807, 2.05) is 6.26 Å². The lowest BCUT2D eigenvalue weighted by atomic mass is 10.00. The summed E-state index contributed by atoms with van der Waals surface area (Å²) in [5, 5.41) is 0. The van der Waals surface area contributed by atoms with E-state index in [-0.39, 0.29) is 11.1 Å². The van der Waals surface area contributed by atoms with Crippen LogP contribution in [0, 0.1) is 0 Å². The fraction of sp³-hybridized carbons (Fsp3) is 0.143. The summed E-state index contributed by atoms with van der Waals surface area (Å²) in [4.78, 5) is 0.960. The van der Waals surface area contributed by atoms with E-state index in [2.05, 4.69) is 0 Å². The summed E-state index contributed by atoms with van der Waals surface area (Å²) in [7, 11) is 0. The third-order valence-corrected chi connectivity index (χ3v) is 3.45. The quantitative estimate of drug-likeness (QED) is 0.667. The number of thioether (sulfide) groups is 1. The summed E-state index contributed by atoms with van der Waals surface area (Å²) in [6, 6.07) is 12.1. The van der Waals surface area contributed by atoms with Gasteiger partial charge < -0.3 is 5.73 Å². The first-order valence-electron chi connectivity index (χ1n) is 5.42. The van der Waals surface area contributed by atoms with Crippen molar-refractivity contribution in [3.05, 3.63) is 59.7 Å². The highest BCUT2D eigenvalue weighted by Crippen LogP contribution is 2.36. The second-order valence-corrected chi connectivity index (χ2v) is 4.81. The highest BCUT2D eigenvalue weighted by atomic mass is 32.2. The predicted octanol–water partition coefficient (Wildman–Crippen LogP) is 4.13. The Kier molecular flexibility index (Phi) is 3.57. The Morgan fingerprint density at radius 3 is 2.22 bits per heavy atom. The number of nitrogens with two attached hydrogens (primary N) is 1. The smallest absolute Gasteiger partial charge is 0.298 e. The van der Waals surface area contributed by atoms with Crippen molar-refractivity contribution in [2.24, 2.45) is 0 Å². The van der Waals surface area contributed by atoms with Gasteiger partial charge in [-0.2, -0.15) is 8.78 Å². The molecule has 0 fully saturated rings. The molecule has 2 aromatic rings. The molecule has 0 aliphatic heterocycles. The molecule has 0 heterocycles. The monoisotopic (exact) mass is 265 g/mol. The van der Waals surface area contributed by atoms with E-state index < -0.39 is 5.92 Å². The lowest BCUT2D eigenvalue weighted by Crippen LogP contribution is -2.15. The number of anilines is 1. The number of benzene rings is 2. The van der Waals surface area contributed by atoms with Crippen LogP contribution >= 0.6 is 11.8 Å². The Labute approximate surface area is 109 Å². The van der Waals surface area contributed by atoms with Crippen molar-refractivity contribution < 1.29 is 8.78 Å². The maximum atomic E-state index is 14.2. The van der Waals surface area contributed by atoms with Crippen LogP contribution in [-0.4, -0.2) is 6.26 Å². The molecule has 0 radical (unpaired) electrons. The fourth-order valence-electron chi connectivity index (χ4n) is 1.70. The van der Waals surface area contributed by atoms with Crippen LogP contribution in [-0.2, 0) is 5.92 Å². The van der Waals surface area contributed by atoms with Crippen LogP contribution in [0.2, 0.25) is 0 Å². The summed E-state index contributed by atoms with van der Waals surface area (Å²) < 4.78 is 28.5. The van der Waals surface area contributed by atoms with Crippen molar-refractivity contribution in [3.63, 3.8) is 0 Å². The van der Waals surface area contributed by atoms with Crippen LogP contribution < -0.4 is 5.73 Å². The minimum atomic E-state index is -3.02. The summed E-state index contributed by atoms with van der Waals surface area (Å²) >= 11 is 1.52. The summed E-state index contributed by atoms with van der Waals surface area (Å²) in [5.74, 6) is -3.02. The minimum absolute atomic E-state index is 0.0223. The molecule has 1 nitrogen and oxygen atoms in total. The molecule has 0 bridgehead atoms. The molecular weight excluding hydrogens is 252 g/mol. The molecule has 0 saturated carbocycles. The molecule has 18 heavy (non-hydrogen) atoms. The van der Waals surface area contributed by atoms with E-state index in [4.69, 9.17) is 5.73 Å². The molecule has 0 atom stereocenters. The summed E-state index contributed by atoms with van der Waals surface area (Å²) in [6.07, 6.45) is 1.91. The highest BCUT2D eigenvalue weighted by molar-refractivity contribution is 7.98. The summed E-state index contributed by atoms with van der Waals surface area (Å²) in [6.45, 7) is 0. The molecule has 2 aromatic carbocycles. The van der Waals surface area contributed by atoms with Gasteiger partial charge in [0.15, 0.2) is 0 Å². The van der Waals surface area contributed by atoms with Gasteiger partial charge in [-0.3, -0.25) is 0 Å². The Bertz CT molecular complexity index is 538. The SMILES string of the molecule is CSc1ccc(C(F)(F)c2cccc(N)c2)cc1. The van der Waals surface area contributed by atoms with Crippen LogP contribution in [0.3, 0.4) is 0 Å². The lowest BCUT2D eigenvalue weighted by Gasteiger charge is -2.17. The van der Waals surface area contributed by atoms with E-state index in [0.29, 0.717) is 5.69 Å². The first-order chi connectivity index (χ1) is 8.54. The average Bonchev–Trinajstić information content (AvgIpc) is 2.39. The lowest BCUT2D eigenvalue weighted by molar-refractivity contribution is 0.0428. The topological polar surface area (TPSA) is 26.0 Å². The van der Waals surface area contributed by atoms with Crippen molar-refractivity contribution in [2.75, 3.05) is 12.0 Å². The van der Waals surface area contributed by atoms with E-state index >= 15 is 0 Å². The first-order valence-corrected chi connectivity index (χ1v) is 6.65. The van der Waals surface area contributed by atoms with Gasteiger partial charge in [0.1, 0.15) is 0 Å². The number of nitrogen functional groups attached to an aromatic ring is 1. The molecule has 0 aliphatic carbocycles. The maximum Gasteiger partial charge on any atom is 0.298 e. The first kappa shape index (κ1) is 12.9. The number of alkyl halides is 2. The molecule has 0 amide bonds. The van der Waals surface area contributed by atoms with Crippen molar-refractivity contribution >= 4 is 17.4 Å². The van der Waals surface area contributed by atoms with E-state index in [0.717, 1.165) is 4.90 Å². The van der Waals surface area contributed by atoms with Gasteiger partial charge in [-0.1, -0.05) is 24.3 Å². The van der Waals surface area contributed by atoms with Gasteiger partial charge in [-0.25, -0.2) is 0 Å². The van der Waals surface area contributed by atoms with Crippen molar-refractivity contribution in [3.8, 4) is 0 Å². The van der Waals surface area contributed by atoms with Crippen molar-refractivity contribution in [2.45, 2.75) is 10.8 Å². The standard InChI is InChI=1S/C14H13F2NS/c1-18-13-7-5-10(6-8-13)14(15,16)11-3-2-4-12(17)9-11/h2-9H,17H2,1H3. The predicted molar refractivity (Wildman–Crippen MR) is 72.1 cm³/mol. The molecule has 2 N–H and O–H groups in total. The number of halogens is 2. The molecule has 4 heteroatoms. The zero-order chi connectivity index (χ0) is 13.2. The van der Waals surface area contributed by atoms with E-state index in [9.17, 15) is 8.78 Å². The fourth-order valence-corrected chi connectivity index (χ4v) is 2.11. The third-order valence-electron chi connectivity index (χ3n) is 2.70. The molecular formula is C14H13F2NS. The summed E-state index contributed by atoms with van der Waals surface area (Å²) in [5.41, 5.74) is 5.78. The van der Waals surface area contributed by atoms with Gasteiger partial charge in [0.25, 0.3) is 5.92 Å². The number of hydrogen-bond acceptors (Lipinski definition) is 2. The molecule has 2 rings (SSSR count). The molecule has 0 aliphatic rings. The molecule has 0 unspecified atom stereocenters. The van der Waals surface area contributed by atoms with Gasteiger partial charge in [-0.05, 0) is 30.5 Å². The molecule has 0 spiro atoms. The molecule has 0 aromatic heterocycles. The molecule has 0 saturated heterocycles. The van der Waals surface area contributed by atoms with Gasteiger partial charge in [0.05, 0.1) is 0 Å². The highest BCUT2D eigenvalue weighted by Gasteiger charge is 2.33. The normalized spacial score (nSPS) is 11.5. The van der Waals surface area contributed by atoms with Crippen LogP contribution in [0.1, 0.15) is 11.1 Å². The van der Waals surface area contributed by atoms with Gasteiger partial charge in [0.2, 0.25) is 0 Å². The van der Waals surface area contributed by atoms with Gasteiger partial charge >= 0.3 is 0 Å². The Balaban J connectivity index is 2.40. The van der Waals surface area contributed by atoms with Gasteiger partial charge in [-0.15, -0.1) is 11.8 Å². The average molecular weight is 265 g/mol. The molecule has 94 valence electrons. The second-order valence-electron chi connectivity index (χ2n) is 3.93. The van der Waals surface area contributed by atoms with Crippen LogP contribution in [0.5, 0.6) is 0 Å². The van der Waals surface area contributed by atoms with Gasteiger partial charge in [0, 0.05) is 21.7 Å². The largest absolute Gasteiger partial charge is 0.399 e. The Morgan fingerprint density at radius 2 is 1.67 bits per heavy atom. The Morgan fingerprint density at radius 1 is 1.00 bits per heavy atom. The van der Waals surface area contributed by atoms with Crippen molar-refractivity contribution in [1.29, 1.82) is 0 Å². The van der Waals surface area contributed by atoms with Crippen LogP contribution in [0.25, 0.3) is 0 Å². The minimum Gasteiger partial charge on any atom is -0.399 e. The van der Waals surface area contributed by atoms with E-state index in [1.54, 1.807) is 18.2 Å². The van der Waals surface area contributed by atoms with Crippen LogP contribution in [0.4, 0.5) is 14.5 Å². The maximum absolute atomic E-state index is 14.2. The number of hydrogen-bond donors (Lipinski definition) is 1. The van der Waals surface area contributed by atoms with Crippen molar-refractivity contribution in [1.82, 2.24) is 0 Å². The zero-order valence-electron chi connectivity index (χ0n) is 9.86. The zero-order valence-corrected chi connectivity index (χ0v) is 10.7.